The van der Waals surface area contributed by atoms with Gasteiger partial charge in [-0.2, -0.15) is 4.31 Å². The van der Waals surface area contributed by atoms with E-state index >= 15 is 0 Å². The summed E-state index contributed by atoms with van der Waals surface area (Å²) in [5.41, 5.74) is 2.33. The van der Waals surface area contributed by atoms with Crippen LogP contribution in [-0.2, 0) is 29.7 Å². The van der Waals surface area contributed by atoms with Crippen LogP contribution in [0.4, 0.5) is 14.9 Å². The second-order valence-electron chi connectivity index (χ2n) is 8.29. The summed E-state index contributed by atoms with van der Waals surface area (Å²) in [4.78, 5) is 16.2. The van der Waals surface area contributed by atoms with Crippen LogP contribution in [0, 0.1) is 5.82 Å². The van der Waals surface area contributed by atoms with Gasteiger partial charge in [-0.25, -0.2) is 17.6 Å². The van der Waals surface area contributed by atoms with Gasteiger partial charge in [-0.15, -0.1) is 0 Å². The molecule has 196 valence electrons. The fourth-order valence-electron chi connectivity index (χ4n) is 3.60. The zero-order valence-electron chi connectivity index (χ0n) is 19.9. The number of hydrogen-bond acceptors (Lipinski definition) is 4. The lowest BCUT2D eigenvalue weighted by Crippen LogP contribution is -2.30. The SMILES string of the molecule is O=C(NCc1ccncc1)Nc1ccc(S(=O)(=O)N(Cc2ccc(F)cc2)Cc2c(Cl)cccc2Cl)cc1. The van der Waals surface area contributed by atoms with Gasteiger partial charge in [0, 0.05) is 53.3 Å². The Kier molecular flexibility index (Phi) is 8.96. The van der Waals surface area contributed by atoms with E-state index in [4.69, 9.17) is 23.2 Å². The van der Waals surface area contributed by atoms with Gasteiger partial charge in [0.05, 0.1) is 4.90 Å². The first-order valence-corrected chi connectivity index (χ1v) is 13.6. The van der Waals surface area contributed by atoms with E-state index in [0.29, 0.717) is 33.4 Å². The topological polar surface area (TPSA) is 91.4 Å². The predicted molar refractivity (Wildman–Crippen MR) is 146 cm³/mol. The van der Waals surface area contributed by atoms with Gasteiger partial charge in [-0.3, -0.25) is 4.98 Å². The van der Waals surface area contributed by atoms with Crippen molar-refractivity contribution in [2.45, 2.75) is 24.5 Å². The summed E-state index contributed by atoms with van der Waals surface area (Å²) in [6.07, 6.45) is 3.26. The molecule has 0 aliphatic heterocycles. The first kappa shape index (κ1) is 27.5. The maximum atomic E-state index is 13.7. The number of halogens is 3. The Labute approximate surface area is 230 Å². The van der Waals surface area contributed by atoms with Crippen LogP contribution < -0.4 is 10.6 Å². The minimum atomic E-state index is -4.04. The molecule has 1 aromatic heterocycles. The van der Waals surface area contributed by atoms with Gasteiger partial charge < -0.3 is 10.6 Å². The molecule has 1 heterocycles. The van der Waals surface area contributed by atoms with Crippen LogP contribution in [0.25, 0.3) is 0 Å². The van der Waals surface area contributed by atoms with Gasteiger partial charge in [0.2, 0.25) is 10.0 Å². The quantitative estimate of drug-likeness (QED) is 0.248. The molecule has 3 aromatic carbocycles. The summed E-state index contributed by atoms with van der Waals surface area (Å²) >= 11 is 12.6. The fourth-order valence-corrected chi connectivity index (χ4v) is 5.51. The first-order valence-electron chi connectivity index (χ1n) is 11.4. The largest absolute Gasteiger partial charge is 0.334 e. The molecule has 38 heavy (non-hydrogen) atoms. The zero-order chi connectivity index (χ0) is 27.1. The average molecular weight is 573 g/mol. The summed E-state index contributed by atoms with van der Waals surface area (Å²) < 4.78 is 42.0. The molecule has 2 amide bonds. The Balaban J connectivity index is 1.53. The normalized spacial score (nSPS) is 11.4. The molecule has 0 aliphatic carbocycles. The minimum absolute atomic E-state index is 0.00512. The number of hydrogen-bond donors (Lipinski definition) is 2. The van der Waals surface area contributed by atoms with Gasteiger partial charge >= 0.3 is 6.03 Å². The van der Waals surface area contributed by atoms with Crippen molar-refractivity contribution in [3.05, 3.63) is 124 Å². The van der Waals surface area contributed by atoms with E-state index in [9.17, 15) is 17.6 Å². The molecule has 0 fully saturated rings. The van der Waals surface area contributed by atoms with Crippen LogP contribution in [0.3, 0.4) is 0 Å². The highest BCUT2D eigenvalue weighted by atomic mass is 35.5. The number of anilines is 1. The minimum Gasteiger partial charge on any atom is -0.334 e. The number of rotatable bonds is 9. The summed E-state index contributed by atoms with van der Waals surface area (Å²) in [5, 5.41) is 6.05. The average Bonchev–Trinajstić information content (AvgIpc) is 2.91. The number of sulfonamides is 1. The lowest BCUT2D eigenvalue weighted by molar-refractivity contribution is 0.251. The van der Waals surface area contributed by atoms with E-state index in [1.165, 1.54) is 52.8 Å². The fraction of sp³-hybridized carbons (Fsp3) is 0.111. The Morgan fingerprint density at radius 3 is 2.11 bits per heavy atom. The second-order valence-corrected chi connectivity index (χ2v) is 11.0. The Hall–Kier alpha value is -3.50. The smallest absolute Gasteiger partial charge is 0.319 e. The van der Waals surface area contributed by atoms with Gasteiger partial charge in [0.1, 0.15) is 5.82 Å². The third kappa shape index (κ3) is 7.08. The maximum absolute atomic E-state index is 13.7. The van der Waals surface area contributed by atoms with Crippen LogP contribution in [-0.4, -0.2) is 23.7 Å². The molecule has 0 spiro atoms. The van der Waals surface area contributed by atoms with Crippen LogP contribution in [0.2, 0.25) is 10.0 Å². The van der Waals surface area contributed by atoms with Crippen LogP contribution >= 0.6 is 23.2 Å². The van der Waals surface area contributed by atoms with Crippen molar-refractivity contribution in [2.75, 3.05) is 5.32 Å². The zero-order valence-corrected chi connectivity index (χ0v) is 22.3. The summed E-state index contributed by atoms with van der Waals surface area (Å²) in [5.74, 6) is -0.426. The number of urea groups is 1. The lowest BCUT2D eigenvalue weighted by atomic mass is 10.2. The highest BCUT2D eigenvalue weighted by molar-refractivity contribution is 7.89. The molecule has 0 atom stereocenters. The van der Waals surface area contributed by atoms with E-state index in [1.54, 1.807) is 42.7 Å². The van der Waals surface area contributed by atoms with Crippen molar-refractivity contribution in [2.24, 2.45) is 0 Å². The van der Waals surface area contributed by atoms with Gasteiger partial charge in [0.15, 0.2) is 0 Å². The molecule has 0 aliphatic rings. The molecule has 11 heteroatoms. The lowest BCUT2D eigenvalue weighted by Gasteiger charge is -2.24. The van der Waals surface area contributed by atoms with E-state index in [0.717, 1.165) is 5.56 Å². The monoisotopic (exact) mass is 572 g/mol. The molecule has 2 N–H and O–H groups in total. The Bertz CT molecular complexity index is 1480. The van der Waals surface area contributed by atoms with Crippen molar-refractivity contribution < 1.29 is 17.6 Å². The molecule has 0 bridgehead atoms. The predicted octanol–water partition coefficient (Wildman–Crippen LogP) is 6.24. The third-order valence-corrected chi connectivity index (χ3v) is 8.13. The first-order chi connectivity index (χ1) is 18.2. The van der Waals surface area contributed by atoms with E-state index in [1.807, 2.05) is 0 Å². The van der Waals surface area contributed by atoms with Gasteiger partial charge in [-0.1, -0.05) is 41.4 Å². The summed E-state index contributed by atoms with van der Waals surface area (Å²) in [7, 11) is -4.04. The second kappa shape index (κ2) is 12.4. The van der Waals surface area contributed by atoms with E-state index < -0.39 is 21.9 Å². The highest BCUT2D eigenvalue weighted by Crippen LogP contribution is 2.29. The highest BCUT2D eigenvalue weighted by Gasteiger charge is 2.26. The Morgan fingerprint density at radius 2 is 1.47 bits per heavy atom. The number of nitrogens with one attached hydrogen (secondary N) is 2. The van der Waals surface area contributed by atoms with E-state index in [2.05, 4.69) is 15.6 Å². The number of benzene rings is 3. The van der Waals surface area contributed by atoms with Crippen molar-refractivity contribution in [3.63, 3.8) is 0 Å². The van der Waals surface area contributed by atoms with Crippen LogP contribution in [0.15, 0.2) is 96.2 Å². The van der Waals surface area contributed by atoms with Crippen molar-refractivity contribution in [1.29, 1.82) is 0 Å². The molecule has 4 rings (SSSR count). The standard InChI is InChI=1S/C27H23Cl2FN4O3S/c28-25-2-1-3-26(29)24(25)18-34(17-20-4-6-21(30)7-5-20)38(36,37)23-10-8-22(9-11-23)33-27(35)32-16-19-12-14-31-15-13-19/h1-15H,16-18H2,(H2,32,33,35). The molecule has 4 aromatic rings. The van der Waals surface area contributed by atoms with Crippen LogP contribution in [0.5, 0.6) is 0 Å². The number of amides is 2. The molecule has 7 nitrogen and oxygen atoms in total. The maximum Gasteiger partial charge on any atom is 0.319 e. The molecule has 0 saturated heterocycles. The van der Waals surface area contributed by atoms with Crippen molar-refractivity contribution >= 4 is 44.9 Å². The van der Waals surface area contributed by atoms with Gasteiger partial charge in [0.25, 0.3) is 0 Å². The summed E-state index contributed by atoms with van der Waals surface area (Å²) in [6, 6.07) is 19.4. The molecule has 0 unspecified atom stereocenters. The number of carbonyl (C=O) groups is 1. The third-order valence-electron chi connectivity index (χ3n) is 5.62. The van der Waals surface area contributed by atoms with Gasteiger partial charge in [-0.05, 0) is 71.8 Å². The number of aromatic nitrogens is 1. The molecule has 0 saturated carbocycles. The van der Waals surface area contributed by atoms with Crippen molar-refractivity contribution in [1.82, 2.24) is 14.6 Å². The molecular formula is C27H23Cl2FN4O3S. The van der Waals surface area contributed by atoms with E-state index in [-0.39, 0.29) is 18.0 Å². The summed E-state index contributed by atoms with van der Waals surface area (Å²) in [6.45, 7) is 0.168. The van der Waals surface area contributed by atoms with Crippen LogP contribution in [0.1, 0.15) is 16.7 Å². The molecular weight excluding hydrogens is 550 g/mol. The number of pyridine rings is 1. The Morgan fingerprint density at radius 1 is 0.842 bits per heavy atom. The van der Waals surface area contributed by atoms with Crippen molar-refractivity contribution in [3.8, 4) is 0 Å². The number of carbonyl (C=O) groups excluding carboxylic acids is 1. The number of nitrogens with zero attached hydrogens (tertiary/aromatic N) is 2. The molecule has 0 radical (unpaired) electrons.